The molecule has 0 bridgehead atoms. The van der Waals surface area contributed by atoms with Crippen LogP contribution in [0.2, 0.25) is 0 Å². The van der Waals surface area contributed by atoms with Crippen molar-refractivity contribution < 1.29 is 4.79 Å². The van der Waals surface area contributed by atoms with Gasteiger partial charge in [0.2, 0.25) is 0 Å². The largest absolute Gasteiger partial charge is 0.389 e. The van der Waals surface area contributed by atoms with Crippen LogP contribution in [-0.4, -0.2) is 29.0 Å². The van der Waals surface area contributed by atoms with Gasteiger partial charge in [-0.2, -0.15) is 0 Å². The van der Waals surface area contributed by atoms with Gasteiger partial charge in [0.25, 0.3) is 0 Å². The monoisotopic (exact) mass is 277 g/mol. The van der Waals surface area contributed by atoms with Gasteiger partial charge < -0.3 is 16.0 Å². The SMILES string of the molecule is Cc1cccc(NC(=O)N2CCCCC2)c1C(N)=S. The Morgan fingerprint density at radius 1 is 1.32 bits per heavy atom. The number of nitrogens with one attached hydrogen (secondary N) is 1. The maximum atomic E-state index is 12.2. The quantitative estimate of drug-likeness (QED) is 0.817. The van der Waals surface area contributed by atoms with Gasteiger partial charge in [-0.1, -0.05) is 24.4 Å². The predicted octanol–water partition coefficient (Wildman–Crippen LogP) is 2.65. The summed E-state index contributed by atoms with van der Waals surface area (Å²) in [4.78, 5) is 14.3. The van der Waals surface area contributed by atoms with Crippen molar-refractivity contribution in [2.24, 2.45) is 5.73 Å². The molecule has 4 nitrogen and oxygen atoms in total. The Morgan fingerprint density at radius 2 is 2.00 bits per heavy atom. The summed E-state index contributed by atoms with van der Waals surface area (Å²) < 4.78 is 0. The van der Waals surface area contributed by atoms with E-state index in [4.69, 9.17) is 18.0 Å². The predicted molar refractivity (Wildman–Crippen MR) is 81.5 cm³/mol. The number of nitrogens with zero attached hydrogens (tertiary/aromatic N) is 1. The fourth-order valence-electron chi connectivity index (χ4n) is 2.39. The molecule has 0 aromatic heterocycles. The fraction of sp³-hybridized carbons (Fsp3) is 0.429. The maximum Gasteiger partial charge on any atom is 0.321 e. The number of carbonyl (C=O) groups excluding carboxylic acids is 1. The van der Waals surface area contributed by atoms with Crippen molar-refractivity contribution in [2.45, 2.75) is 26.2 Å². The molecule has 1 saturated heterocycles. The van der Waals surface area contributed by atoms with Crippen molar-refractivity contribution in [3.63, 3.8) is 0 Å². The van der Waals surface area contributed by atoms with Crippen molar-refractivity contribution in [3.8, 4) is 0 Å². The zero-order valence-corrected chi connectivity index (χ0v) is 11.9. The van der Waals surface area contributed by atoms with E-state index < -0.39 is 0 Å². The molecule has 1 fully saturated rings. The number of amides is 2. The number of likely N-dealkylation sites (tertiary alicyclic amines) is 1. The standard InChI is InChI=1S/C14H19N3OS/c1-10-6-5-7-11(12(10)13(15)19)16-14(18)17-8-3-2-4-9-17/h5-7H,2-4,8-9H2,1H3,(H2,15,19)(H,16,18). The summed E-state index contributed by atoms with van der Waals surface area (Å²) in [5.41, 5.74) is 8.16. The van der Waals surface area contributed by atoms with E-state index in [-0.39, 0.29) is 6.03 Å². The van der Waals surface area contributed by atoms with Gasteiger partial charge in [-0.15, -0.1) is 0 Å². The summed E-state index contributed by atoms with van der Waals surface area (Å²) in [6, 6.07) is 5.60. The van der Waals surface area contributed by atoms with Crippen molar-refractivity contribution >= 4 is 28.9 Å². The van der Waals surface area contributed by atoms with Crippen molar-refractivity contribution in [1.82, 2.24) is 4.90 Å². The number of hydrogen-bond acceptors (Lipinski definition) is 2. The molecule has 19 heavy (non-hydrogen) atoms. The Morgan fingerprint density at radius 3 is 2.63 bits per heavy atom. The van der Waals surface area contributed by atoms with Crippen LogP contribution in [0.15, 0.2) is 18.2 Å². The number of piperidine rings is 1. The average Bonchev–Trinajstić information content (AvgIpc) is 2.39. The molecule has 2 amide bonds. The molecule has 102 valence electrons. The number of hydrogen-bond donors (Lipinski definition) is 2. The van der Waals surface area contributed by atoms with Gasteiger partial charge in [-0.25, -0.2) is 4.79 Å². The molecular weight excluding hydrogens is 258 g/mol. The number of benzene rings is 1. The van der Waals surface area contributed by atoms with E-state index in [0.717, 1.165) is 37.1 Å². The first-order valence-electron chi connectivity index (χ1n) is 6.55. The van der Waals surface area contributed by atoms with Crippen molar-refractivity contribution in [2.75, 3.05) is 18.4 Å². The van der Waals surface area contributed by atoms with Crippen LogP contribution in [0.5, 0.6) is 0 Å². The molecule has 5 heteroatoms. The van der Waals surface area contributed by atoms with Crippen LogP contribution >= 0.6 is 12.2 Å². The van der Waals surface area contributed by atoms with E-state index in [1.54, 1.807) is 0 Å². The van der Waals surface area contributed by atoms with Gasteiger partial charge in [0, 0.05) is 18.7 Å². The lowest BCUT2D eigenvalue weighted by Gasteiger charge is -2.27. The Balaban J connectivity index is 2.16. The highest BCUT2D eigenvalue weighted by Crippen LogP contribution is 2.20. The number of nitrogens with two attached hydrogens (primary N) is 1. The molecule has 1 aromatic rings. The van der Waals surface area contributed by atoms with Gasteiger partial charge >= 0.3 is 6.03 Å². The summed E-state index contributed by atoms with van der Waals surface area (Å²) in [6.07, 6.45) is 3.35. The molecule has 3 N–H and O–H groups in total. The molecule has 0 spiro atoms. The van der Waals surface area contributed by atoms with Crippen LogP contribution in [-0.2, 0) is 0 Å². The minimum absolute atomic E-state index is 0.0669. The van der Waals surface area contributed by atoms with Gasteiger partial charge in [-0.05, 0) is 37.8 Å². The van der Waals surface area contributed by atoms with Crippen molar-refractivity contribution in [3.05, 3.63) is 29.3 Å². The van der Waals surface area contributed by atoms with Crippen LogP contribution in [0.1, 0.15) is 30.4 Å². The Kier molecular flexibility index (Phi) is 4.37. The second kappa shape index (κ2) is 6.02. The molecule has 0 unspecified atom stereocenters. The normalized spacial score (nSPS) is 15.1. The molecule has 1 aliphatic heterocycles. The number of carbonyl (C=O) groups is 1. The first kappa shape index (κ1) is 13.8. The topological polar surface area (TPSA) is 58.4 Å². The molecule has 0 aliphatic carbocycles. The zero-order chi connectivity index (χ0) is 13.8. The lowest BCUT2D eigenvalue weighted by Crippen LogP contribution is -2.39. The third-order valence-corrected chi connectivity index (χ3v) is 3.61. The van der Waals surface area contributed by atoms with Gasteiger partial charge in [0.15, 0.2) is 0 Å². The Hall–Kier alpha value is -1.62. The average molecular weight is 277 g/mol. The molecule has 0 radical (unpaired) electrons. The minimum atomic E-state index is -0.0669. The van der Waals surface area contributed by atoms with E-state index in [2.05, 4.69) is 5.32 Å². The highest BCUT2D eigenvalue weighted by Gasteiger charge is 2.18. The third kappa shape index (κ3) is 3.23. The molecule has 1 aliphatic rings. The zero-order valence-electron chi connectivity index (χ0n) is 11.1. The lowest BCUT2D eigenvalue weighted by atomic mass is 10.1. The second-order valence-electron chi connectivity index (χ2n) is 4.84. The van der Waals surface area contributed by atoms with Crippen LogP contribution in [0.25, 0.3) is 0 Å². The van der Waals surface area contributed by atoms with Gasteiger partial charge in [0.1, 0.15) is 4.99 Å². The number of thiocarbonyl (C=S) groups is 1. The van der Waals surface area contributed by atoms with E-state index in [1.165, 1.54) is 6.42 Å². The summed E-state index contributed by atoms with van der Waals surface area (Å²) in [6.45, 7) is 3.57. The fourth-order valence-corrected chi connectivity index (χ4v) is 2.66. The van der Waals surface area contributed by atoms with Crippen LogP contribution < -0.4 is 11.1 Å². The molecule has 0 atom stereocenters. The highest BCUT2D eigenvalue weighted by atomic mass is 32.1. The number of anilines is 1. The van der Waals surface area contributed by atoms with E-state index in [1.807, 2.05) is 30.0 Å². The third-order valence-electron chi connectivity index (χ3n) is 3.40. The lowest BCUT2D eigenvalue weighted by molar-refractivity contribution is 0.200. The van der Waals surface area contributed by atoms with Crippen molar-refractivity contribution in [1.29, 1.82) is 0 Å². The van der Waals surface area contributed by atoms with Gasteiger partial charge in [0.05, 0.1) is 5.69 Å². The molecule has 2 rings (SSSR count). The molecular formula is C14H19N3OS. The summed E-state index contributed by atoms with van der Waals surface area (Å²) in [5.74, 6) is 0. The number of rotatable bonds is 2. The Bertz CT molecular complexity index is 495. The highest BCUT2D eigenvalue weighted by molar-refractivity contribution is 7.80. The van der Waals surface area contributed by atoms with E-state index in [9.17, 15) is 4.79 Å². The number of urea groups is 1. The molecule has 1 aromatic carbocycles. The maximum absolute atomic E-state index is 12.2. The van der Waals surface area contributed by atoms with E-state index >= 15 is 0 Å². The smallest absolute Gasteiger partial charge is 0.321 e. The molecule has 0 saturated carbocycles. The van der Waals surface area contributed by atoms with Crippen LogP contribution in [0.4, 0.5) is 10.5 Å². The first-order valence-corrected chi connectivity index (χ1v) is 6.96. The summed E-state index contributed by atoms with van der Waals surface area (Å²) in [7, 11) is 0. The first-order chi connectivity index (χ1) is 9.09. The summed E-state index contributed by atoms with van der Waals surface area (Å²) in [5, 5.41) is 2.92. The Labute approximate surface area is 119 Å². The van der Waals surface area contributed by atoms with E-state index in [0.29, 0.717) is 10.7 Å². The minimum Gasteiger partial charge on any atom is -0.389 e. The number of aryl methyl sites for hydroxylation is 1. The van der Waals surface area contributed by atoms with Crippen LogP contribution in [0.3, 0.4) is 0 Å². The molecule has 1 heterocycles. The van der Waals surface area contributed by atoms with Gasteiger partial charge in [-0.3, -0.25) is 0 Å². The summed E-state index contributed by atoms with van der Waals surface area (Å²) >= 11 is 5.06. The van der Waals surface area contributed by atoms with Crippen LogP contribution in [0, 0.1) is 6.92 Å². The second-order valence-corrected chi connectivity index (χ2v) is 5.28.